The van der Waals surface area contributed by atoms with Gasteiger partial charge in [0.15, 0.2) is 0 Å². The Labute approximate surface area is 143 Å². The van der Waals surface area contributed by atoms with Gasteiger partial charge >= 0.3 is 0 Å². The molecule has 3 rings (SSSR count). The van der Waals surface area contributed by atoms with Crippen molar-refractivity contribution in [2.24, 2.45) is 0 Å². The second-order valence-electron chi connectivity index (χ2n) is 5.64. The Balaban J connectivity index is 2.20. The number of likely N-dealkylation sites (tertiary alicyclic amines) is 1. The number of Topliss-reactive ketones (excluding diaryl/α,β-unsaturated/α-hetero) is 1. The minimum Gasteiger partial charge on any atom is -0.507 e. The van der Waals surface area contributed by atoms with Crippen LogP contribution >= 0.6 is 0 Å². The fourth-order valence-corrected chi connectivity index (χ4v) is 2.99. The fourth-order valence-electron chi connectivity index (χ4n) is 2.99. The first-order valence-electron chi connectivity index (χ1n) is 7.74. The maximum atomic E-state index is 13.7. The molecule has 1 aliphatic heterocycles. The molecule has 0 aliphatic carbocycles. The van der Waals surface area contributed by atoms with Crippen molar-refractivity contribution in [1.82, 2.24) is 4.90 Å². The van der Waals surface area contributed by atoms with E-state index in [1.807, 2.05) is 0 Å². The number of carbonyl (C=O) groups is 2. The molecule has 0 unspecified atom stereocenters. The number of hydrogen-bond acceptors (Lipinski definition) is 4. The summed E-state index contributed by atoms with van der Waals surface area (Å²) in [4.78, 5) is 26.0. The smallest absolute Gasteiger partial charge is 0.295 e. The van der Waals surface area contributed by atoms with Gasteiger partial charge in [0, 0.05) is 12.1 Å². The van der Waals surface area contributed by atoms with Crippen molar-refractivity contribution in [2.45, 2.75) is 6.04 Å². The summed E-state index contributed by atoms with van der Waals surface area (Å²) in [5.41, 5.74) is 0.617. The molecular weight excluding hydrogens is 325 g/mol. The largest absolute Gasteiger partial charge is 0.507 e. The van der Waals surface area contributed by atoms with Gasteiger partial charge in [0.05, 0.1) is 18.2 Å². The Bertz CT molecular complexity index is 848. The third-order valence-electron chi connectivity index (χ3n) is 4.09. The molecule has 0 aromatic heterocycles. The van der Waals surface area contributed by atoms with Gasteiger partial charge in [-0.25, -0.2) is 4.39 Å². The number of amides is 1. The summed E-state index contributed by atoms with van der Waals surface area (Å²) >= 11 is 0. The summed E-state index contributed by atoms with van der Waals surface area (Å²) < 4.78 is 13.7. The van der Waals surface area contributed by atoms with E-state index < -0.39 is 23.5 Å². The van der Waals surface area contributed by atoms with E-state index >= 15 is 0 Å². The van der Waals surface area contributed by atoms with Crippen LogP contribution in [0, 0.1) is 5.82 Å². The lowest BCUT2D eigenvalue weighted by molar-refractivity contribution is -0.140. The minimum atomic E-state index is -0.956. The van der Waals surface area contributed by atoms with Gasteiger partial charge < -0.3 is 15.1 Å². The average molecular weight is 341 g/mol. The van der Waals surface area contributed by atoms with Crippen molar-refractivity contribution < 1.29 is 24.2 Å². The lowest BCUT2D eigenvalue weighted by Gasteiger charge is -2.24. The van der Waals surface area contributed by atoms with Crippen LogP contribution in [0.2, 0.25) is 0 Å². The van der Waals surface area contributed by atoms with Gasteiger partial charge in [-0.3, -0.25) is 9.59 Å². The number of carbonyl (C=O) groups excluding carboxylic acids is 2. The molecule has 0 bridgehead atoms. The van der Waals surface area contributed by atoms with Crippen molar-refractivity contribution in [3.05, 3.63) is 77.1 Å². The highest BCUT2D eigenvalue weighted by Gasteiger charge is 2.45. The van der Waals surface area contributed by atoms with Crippen LogP contribution in [-0.2, 0) is 9.59 Å². The van der Waals surface area contributed by atoms with Crippen LogP contribution in [0.4, 0.5) is 4.39 Å². The summed E-state index contributed by atoms with van der Waals surface area (Å²) in [6, 6.07) is 12.9. The zero-order chi connectivity index (χ0) is 18.0. The molecule has 1 atom stereocenters. The fraction of sp³-hybridized carbons (Fsp3) is 0.158. The molecule has 2 aromatic rings. The van der Waals surface area contributed by atoms with E-state index in [1.165, 1.54) is 18.2 Å². The van der Waals surface area contributed by atoms with E-state index in [0.717, 1.165) is 4.90 Å². The third-order valence-corrected chi connectivity index (χ3v) is 4.09. The Morgan fingerprint density at radius 1 is 1.08 bits per heavy atom. The molecule has 0 spiro atoms. The van der Waals surface area contributed by atoms with Crippen molar-refractivity contribution >= 4 is 17.4 Å². The predicted molar refractivity (Wildman–Crippen MR) is 88.9 cm³/mol. The van der Waals surface area contributed by atoms with E-state index in [9.17, 15) is 24.2 Å². The van der Waals surface area contributed by atoms with Crippen molar-refractivity contribution in [3.63, 3.8) is 0 Å². The monoisotopic (exact) mass is 341 g/mol. The molecule has 1 amide bonds. The van der Waals surface area contributed by atoms with Gasteiger partial charge in [0.2, 0.25) is 0 Å². The summed E-state index contributed by atoms with van der Waals surface area (Å²) in [5, 5.41) is 19.9. The predicted octanol–water partition coefficient (Wildman–Crippen LogP) is 2.24. The van der Waals surface area contributed by atoms with Gasteiger partial charge in [0.25, 0.3) is 11.7 Å². The van der Waals surface area contributed by atoms with Crippen molar-refractivity contribution in [3.8, 4) is 0 Å². The van der Waals surface area contributed by atoms with E-state index in [4.69, 9.17) is 0 Å². The highest BCUT2D eigenvalue weighted by molar-refractivity contribution is 6.46. The molecule has 128 valence electrons. The van der Waals surface area contributed by atoms with Gasteiger partial charge in [-0.15, -0.1) is 0 Å². The first-order valence-corrected chi connectivity index (χ1v) is 7.74. The van der Waals surface area contributed by atoms with Crippen LogP contribution in [0.25, 0.3) is 5.76 Å². The zero-order valence-corrected chi connectivity index (χ0v) is 13.2. The lowest BCUT2D eigenvalue weighted by Crippen LogP contribution is -2.32. The summed E-state index contributed by atoms with van der Waals surface area (Å²) in [6.07, 6.45) is 0. The quantitative estimate of drug-likeness (QED) is 0.508. The summed E-state index contributed by atoms with van der Waals surface area (Å²) in [5.74, 6) is -2.54. The maximum absolute atomic E-state index is 13.7. The van der Waals surface area contributed by atoms with Crippen LogP contribution in [0.15, 0.2) is 60.2 Å². The Hall–Kier alpha value is -2.99. The van der Waals surface area contributed by atoms with Gasteiger partial charge in [-0.1, -0.05) is 42.5 Å². The second kappa shape index (κ2) is 6.86. The van der Waals surface area contributed by atoms with Crippen LogP contribution in [-0.4, -0.2) is 40.0 Å². The molecule has 1 saturated heterocycles. The molecule has 6 heteroatoms. The third kappa shape index (κ3) is 3.04. The van der Waals surface area contributed by atoms with Gasteiger partial charge in [-0.05, 0) is 17.7 Å². The van der Waals surface area contributed by atoms with Gasteiger partial charge in [-0.2, -0.15) is 0 Å². The summed E-state index contributed by atoms with van der Waals surface area (Å²) in [7, 11) is 0. The van der Waals surface area contributed by atoms with Crippen LogP contribution in [0.3, 0.4) is 0 Å². The van der Waals surface area contributed by atoms with E-state index in [-0.39, 0.29) is 24.5 Å². The maximum Gasteiger partial charge on any atom is 0.295 e. The number of nitrogens with zero attached hydrogens (tertiary/aromatic N) is 1. The van der Waals surface area contributed by atoms with Gasteiger partial charge in [0.1, 0.15) is 11.6 Å². The molecule has 2 aromatic carbocycles. The van der Waals surface area contributed by atoms with Crippen LogP contribution in [0.1, 0.15) is 17.2 Å². The zero-order valence-electron chi connectivity index (χ0n) is 13.2. The Kier molecular flexibility index (Phi) is 4.63. The second-order valence-corrected chi connectivity index (χ2v) is 5.64. The number of hydrogen-bond donors (Lipinski definition) is 2. The number of ketones is 1. The van der Waals surface area contributed by atoms with Crippen LogP contribution < -0.4 is 0 Å². The molecule has 0 radical (unpaired) electrons. The average Bonchev–Trinajstić information content (AvgIpc) is 2.87. The topological polar surface area (TPSA) is 77.8 Å². The molecule has 2 N–H and O–H groups in total. The minimum absolute atomic E-state index is 0.0999. The number of benzene rings is 2. The molecule has 1 aliphatic rings. The Morgan fingerprint density at radius 2 is 1.80 bits per heavy atom. The number of rotatable bonds is 4. The highest BCUT2D eigenvalue weighted by atomic mass is 19.1. The molecule has 0 saturated carbocycles. The normalized spacial score (nSPS) is 19.4. The first-order chi connectivity index (χ1) is 12.0. The van der Waals surface area contributed by atoms with E-state index in [2.05, 4.69) is 0 Å². The number of halogens is 1. The van der Waals surface area contributed by atoms with Crippen molar-refractivity contribution in [1.29, 1.82) is 0 Å². The molecular formula is C19H16FNO4. The van der Waals surface area contributed by atoms with E-state index in [0.29, 0.717) is 11.1 Å². The molecule has 1 heterocycles. The highest BCUT2D eigenvalue weighted by Crippen LogP contribution is 2.39. The Morgan fingerprint density at radius 3 is 2.44 bits per heavy atom. The first kappa shape index (κ1) is 16.9. The standard InChI is InChI=1S/C19H16FNO4/c20-14-8-4-7-13(11-14)16-15(17(23)12-5-2-1-3-6-12)18(24)19(25)21(16)9-10-22/h1-8,11,16,22-23H,9-10H2/t16-/m0/s1. The number of aliphatic hydroxyl groups excluding tert-OH is 2. The van der Waals surface area contributed by atoms with E-state index in [1.54, 1.807) is 36.4 Å². The summed E-state index contributed by atoms with van der Waals surface area (Å²) in [6.45, 7) is -0.457. The lowest BCUT2D eigenvalue weighted by atomic mass is 9.95. The molecule has 1 fully saturated rings. The molecule has 25 heavy (non-hydrogen) atoms. The van der Waals surface area contributed by atoms with Crippen LogP contribution in [0.5, 0.6) is 0 Å². The number of aliphatic hydroxyl groups is 2. The van der Waals surface area contributed by atoms with Crippen molar-refractivity contribution in [2.75, 3.05) is 13.2 Å². The SMILES string of the molecule is O=C1C(=O)N(CCO)[C@@H](c2cccc(F)c2)C1=C(O)c1ccccc1. The number of β-amino-alcohol motifs (C(OH)–C–C–N with tert-alkyl or cyclic N) is 1. The molecule has 5 nitrogen and oxygen atoms in total.